The topological polar surface area (TPSA) is 47.2 Å². The zero-order valence-electron chi connectivity index (χ0n) is 14.0. The minimum absolute atomic E-state index is 0.778. The van der Waals surface area contributed by atoms with Crippen LogP contribution in [-0.2, 0) is 0 Å². The molecule has 1 aliphatic heterocycles. The minimum atomic E-state index is 0.778. The van der Waals surface area contributed by atoms with Gasteiger partial charge in [-0.2, -0.15) is 0 Å². The quantitative estimate of drug-likeness (QED) is 0.773. The number of H-pyrrole nitrogens is 1. The third-order valence-electron chi connectivity index (χ3n) is 4.70. The molecule has 3 aromatic rings. The number of fused-ring (bicyclic) bond motifs is 1. The first-order valence-electron chi connectivity index (χ1n) is 8.61. The molecule has 0 amide bonds. The first-order valence-corrected chi connectivity index (χ1v) is 8.61. The van der Waals surface area contributed by atoms with Crippen LogP contribution in [0, 0.1) is 0 Å². The lowest BCUT2D eigenvalue weighted by molar-refractivity contribution is 0.271. The van der Waals surface area contributed by atoms with Crippen LogP contribution < -0.4 is 10.2 Å². The van der Waals surface area contributed by atoms with Crippen molar-refractivity contribution in [2.45, 2.75) is 6.92 Å². The molecule has 0 unspecified atom stereocenters. The van der Waals surface area contributed by atoms with Gasteiger partial charge in [0.2, 0.25) is 5.95 Å². The van der Waals surface area contributed by atoms with E-state index in [0.717, 1.165) is 55.4 Å². The fourth-order valence-corrected chi connectivity index (χ4v) is 3.23. The van der Waals surface area contributed by atoms with Gasteiger partial charge in [-0.3, -0.25) is 0 Å². The van der Waals surface area contributed by atoms with Crippen LogP contribution in [0.2, 0.25) is 0 Å². The molecule has 0 spiro atoms. The first kappa shape index (κ1) is 15.0. The van der Waals surface area contributed by atoms with Gasteiger partial charge >= 0.3 is 0 Å². The van der Waals surface area contributed by atoms with Crippen molar-refractivity contribution in [1.82, 2.24) is 14.9 Å². The fourth-order valence-electron chi connectivity index (χ4n) is 3.23. The highest BCUT2D eigenvalue weighted by Crippen LogP contribution is 2.22. The largest absolute Gasteiger partial charge is 0.369 e. The molecule has 24 heavy (non-hydrogen) atoms. The lowest BCUT2D eigenvalue weighted by Gasteiger charge is -2.35. The number of anilines is 3. The van der Waals surface area contributed by atoms with Crippen LogP contribution in [0.25, 0.3) is 11.0 Å². The minimum Gasteiger partial charge on any atom is -0.369 e. The van der Waals surface area contributed by atoms with Gasteiger partial charge in [-0.1, -0.05) is 19.1 Å². The summed E-state index contributed by atoms with van der Waals surface area (Å²) in [5, 5.41) is 3.35. The fraction of sp³-hybridized carbons (Fsp3) is 0.316. The van der Waals surface area contributed by atoms with E-state index in [2.05, 4.69) is 56.3 Å². The van der Waals surface area contributed by atoms with Crippen LogP contribution in [0.1, 0.15) is 6.92 Å². The second-order valence-electron chi connectivity index (χ2n) is 6.20. The molecule has 5 nitrogen and oxygen atoms in total. The van der Waals surface area contributed by atoms with Crippen molar-refractivity contribution in [2.24, 2.45) is 0 Å². The molecule has 4 rings (SSSR count). The molecule has 0 radical (unpaired) electrons. The Hall–Kier alpha value is -2.53. The average molecular weight is 321 g/mol. The number of piperazine rings is 1. The summed E-state index contributed by atoms with van der Waals surface area (Å²) in [5.74, 6) is 0.778. The number of aromatic amines is 1. The molecule has 0 saturated carbocycles. The predicted molar refractivity (Wildman–Crippen MR) is 100 cm³/mol. The van der Waals surface area contributed by atoms with Gasteiger partial charge in [0.1, 0.15) is 0 Å². The molecule has 0 aliphatic carbocycles. The van der Waals surface area contributed by atoms with E-state index in [-0.39, 0.29) is 0 Å². The molecular formula is C19H23N5. The Morgan fingerprint density at radius 2 is 1.75 bits per heavy atom. The maximum atomic E-state index is 4.56. The van der Waals surface area contributed by atoms with E-state index in [1.54, 1.807) is 0 Å². The third-order valence-corrected chi connectivity index (χ3v) is 4.70. The SMILES string of the molecule is CCN1CCN(c2ccc(Nc3nc4ccccc4[nH]3)cc2)CC1. The van der Waals surface area contributed by atoms with E-state index in [0.29, 0.717) is 0 Å². The summed E-state index contributed by atoms with van der Waals surface area (Å²) in [4.78, 5) is 12.8. The van der Waals surface area contributed by atoms with Crippen LogP contribution in [0.15, 0.2) is 48.5 Å². The summed E-state index contributed by atoms with van der Waals surface area (Å²) in [6.07, 6.45) is 0. The zero-order chi connectivity index (χ0) is 16.4. The summed E-state index contributed by atoms with van der Waals surface area (Å²) in [6.45, 7) is 7.88. The van der Waals surface area contributed by atoms with Crippen LogP contribution in [0.5, 0.6) is 0 Å². The maximum absolute atomic E-state index is 4.56. The van der Waals surface area contributed by atoms with Crippen molar-refractivity contribution >= 4 is 28.4 Å². The predicted octanol–water partition coefficient (Wildman–Crippen LogP) is 3.45. The molecule has 2 heterocycles. The van der Waals surface area contributed by atoms with Crippen molar-refractivity contribution < 1.29 is 0 Å². The maximum Gasteiger partial charge on any atom is 0.205 e. The Labute approximate surface area is 142 Å². The van der Waals surface area contributed by atoms with Gasteiger partial charge in [0, 0.05) is 37.6 Å². The average Bonchev–Trinajstić information content (AvgIpc) is 3.05. The molecule has 0 atom stereocenters. The normalized spacial score (nSPS) is 15.8. The zero-order valence-corrected chi connectivity index (χ0v) is 14.0. The number of rotatable bonds is 4. The molecule has 2 aromatic carbocycles. The van der Waals surface area contributed by atoms with E-state index in [1.165, 1.54) is 5.69 Å². The van der Waals surface area contributed by atoms with Gasteiger partial charge in [-0.05, 0) is 42.9 Å². The van der Waals surface area contributed by atoms with Crippen molar-refractivity contribution in [3.8, 4) is 0 Å². The number of hydrogen-bond acceptors (Lipinski definition) is 4. The number of benzene rings is 2. The Kier molecular flexibility index (Phi) is 4.09. The van der Waals surface area contributed by atoms with Gasteiger partial charge in [-0.25, -0.2) is 4.98 Å². The summed E-state index contributed by atoms with van der Waals surface area (Å²) in [5.41, 5.74) is 4.36. The highest BCUT2D eigenvalue weighted by molar-refractivity contribution is 5.78. The van der Waals surface area contributed by atoms with Crippen LogP contribution >= 0.6 is 0 Å². The molecule has 1 saturated heterocycles. The molecule has 5 heteroatoms. The van der Waals surface area contributed by atoms with Gasteiger partial charge in [0.05, 0.1) is 11.0 Å². The second kappa shape index (κ2) is 6.53. The van der Waals surface area contributed by atoms with Crippen molar-refractivity contribution in [3.05, 3.63) is 48.5 Å². The van der Waals surface area contributed by atoms with Crippen LogP contribution in [0.3, 0.4) is 0 Å². The lowest BCUT2D eigenvalue weighted by Crippen LogP contribution is -2.46. The number of likely N-dealkylation sites (N-methyl/N-ethyl adjacent to an activating group) is 1. The number of aromatic nitrogens is 2. The van der Waals surface area contributed by atoms with Gasteiger partial charge in [0.15, 0.2) is 0 Å². The summed E-state index contributed by atoms with van der Waals surface area (Å²) >= 11 is 0. The third kappa shape index (κ3) is 3.08. The van der Waals surface area contributed by atoms with Crippen molar-refractivity contribution in [2.75, 3.05) is 42.9 Å². The highest BCUT2D eigenvalue weighted by Gasteiger charge is 2.15. The van der Waals surface area contributed by atoms with E-state index < -0.39 is 0 Å². The Morgan fingerprint density at radius 1 is 1.00 bits per heavy atom. The summed E-state index contributed by atoms with van der Waals surface area (Å²) in [6, 6.07) is 16.7. The molecule has 1 fully saturated rings. The van der Waals surface area contributed by atoms with Gasteiger partial charge < -0.3 is 20.1 Å². The van der Waals surface area contributed by atoms with Crippen molar-refractivity contribution in [1.29, 1.82) is 0 Å². The molecule has 0 bridgehead atoms. The second-order valence-corrected chi connectivity index (χ2v) is 6.20. The van der Waals surface area contributed by atoms with Gasteiger partial charge in [-0.15, -0.1) is 0 Å². The van der Waals surface area contributed by atoms with Gasteiger partial charge in [0.25, 0.3) is 0 Å². The van der Waals surface area contributed by atoms with E-state index in [4.69, 9.17) is 0 Å². The number of hydrogen-bond donors (Lipinski definition) is 2. The summed E-state index contributed by atoms with van der Waals surface area (Å²) in [7, 11) is 0. The standard InChI is InChI=1S/C19H23N5/c1-2-23-11-13-24(14-12-23)16-9-7-15(8-10-16)20-19-21-17-5-3-4-6-18(17)22-19/h3-10H,2,11-14H2,1H3,(H2,20,21,22). The summed E-state index contributed by atoms with van der Waals surface area (Å²) < 4.78 is 0. The van der Waals surface area contributed by atoms with Crippen LogP contribution in [-0.4, -0.2) is 47.6 Å². The molecule has 2 N–H and O–H groups in total. The monoisotopic (exact) mass is 321 g/mol. The van der Waals surface area contributed by atoms with E-state index >= 15 is 0 Å². The molecule has 1 aliphatic rings. The number of nitrogens with zero attached hydrogens (tertiary/aromatic N) is 3. The number of imidazole rings is 1. The first-order chi connectivity index (χ1) is 11.8. The van der Waals surface area contributed by atoms with E-state index in [9.17, 15) is 0 Å². The van der Waals surface area contributed by atoms with E-state index in [1.807, 2.05) is 24.3 Å². The smallest absolute Gasteiger partial charge is 0.205 e. The lowest BCUT2D eigenvalue weighted by atomic mass is 10.2. The molecular weight excluding hydrogens is 298 g/mol. The van der Waals surface area contributed by atoms with Crippen LogP contribution in [0.4, 0.5) is 17.3 Å². The Balaban J connectivity index is 1.44. The number of nitrogens with one attached hydrogen (secondary N) is 2. The Morgan fingerprint density at radius 3 is 2.46 bits per heavy atom. The molecule has 1 aromatic heterocycles. The molecule has 124 valence electrons. The van der Waals surface area contributed by atoms with Crippen molar-refractivity contribution in [3.63, 3.8) is 0 Å². The number of para-hydroxylation sites is 2. The highest BCUT2D eigenvalue weighted by atomic mass is 15.3. The Bertz CT molecular complexity index is 767.